The van der Waals surface area contributed by atoms with E-state index in [-0.39, 0.29) is 5.91 Å². The smallest absolute Gasteiger partial charge is 0.407 e. The van der Waals surface area contributed by atoms with Crippen molar-refractivity contribution in [1.29, 1.82) is 0 Å². The fourth-order valence-corrected chi connectivity index (χ4v) is 4.09. The molecular formula is C24H31N7O3. The van der Waals surface area contributed by atoms with Gasteiger partial charge in [-0.05, 0) is 57.7 Å². The lowest BCUT2D eigenvalue weighted by Gasteiger charge is -2.35. The third kappa shape index (κ3) is 5.38. The highest BCUT2D eigenvalue weighted by Gasteiger charge is 2.25. The number of amides is 2. The van der Waals surface area contributed by atoms with Gasteiger partial charge in [-0.3, -0.25) is 4.79 Å². The van der Waals surface area contributed by atoms with Crippen molar-refractivity contribution in [1.82, 2.24) is 19.9 Å². The van der Waals surface area contributed by atoms with Crippen LogP contribution in [0.4, 0.5) is 21.9 Å². The molecular weight excluding hydrogens is 434 g/mol. The van der Waals surface area contributed by atoms with E-state index in [4.69, 9.17) is 10.5 Å². The molecule has 10 heteroatoms. The number of carbonyl (C=O) groups is 2. The predicted octanol–water partition coefficient (Wildman–Crippen LogP) is 3.30. The number of hydrogen-bond donors (Lipinski definition) is 3. The van der Waals surface area contributed by atoms with Crippen molar-refractivity contribution in [2.75, 3.05) is 35.6 Å². The summed E-state index contributed by atoms with van der Waals surface area (Å²) in [6.45, 7) is 7.62. The van der Waals surface area contributed by atoms with Crippen LogP contribution < -0.4 is 21.3 Å². The molecule has 1 fully saturated rings. The van der Waals surface area contributed by atoms with Crippen molar-refractivity contribution in [3.05, 3.63) is 48.4 Å². The van der Waals surface area contributed by atoms with Gasteiger partial charge in [0.15, 0.2) is 5.65 Å². The number of fused-ring (bicyclic) bond motifs is 1. The second-order valence-electron chi connectivity index (χ2n) is 9.46. The topological polar surface area (TPSA) is 127 Å². The van der Waals surface area contributed by atoms with Gasteiger partial charge in [0.05, 0.1) is 23.3 Å². The Bertz CT molecular complexity index is 1180. The number of nitrogens with zero attached hydrogens (tertiary/aromatic N) is 4. The van der Waals surface area contributed by atoms with Crippen LogP contribution in [-0.4, -0.2) is 51.8 Å². The van der Waals surface area contributed by atoms with Crippen molar-refractivity contribution in [3.63, 3.8) is 0 Å². The summed E-state index contributed by atoms with van der Waals surface area (Å²) in [5, 5.41) is 10.0. The van der Waals surface area contributed by atoms with Crippen LogP contribution in [0.25, 0.3) is 5.65 Å². The molecule has 0 unspecified atom stereocenters. The average Bonchev–Trinajstić information content (AvgIpc) is 3.22. The lowest BCUT2D eigenvalue weighted by atomic mass is 9.96. The third-order valence-electron chi connectivity index (χ3n) is 5.70. The van der Waals surface area contributed by atoms with Crippen LogP contribution in [0.1, 0.15) is 44.0 Å². The number of para-hydroxylation sites is 1. The normalized spacial score (nSPS) is 14.7. The van der Waals surface area contributed by atoms with Crippen LogP contribution in [-0.2, 0) is 4.74 Å². The third-order valence-corrected chi connectivity index (χ3v) is 5.70. The van der Waals surface area contributed by atoms with Gasteiger partial charge in [-0.25, -0.2) is 14.3 Å². The maximum atomic E-state index is 13.0. The molecule has 4 N–H and O–H groups in total. The minimum Gasteiger partial charge on any atom is -0.444 e. The summed E-state index contributed by atoms with van der Waals surface area (Å²) in [5.41, 5.74) is 8.74. The van der Waals surface area contributed by atoms with Gasteiger partial charge in [0.25, 0.3) is 5.91 Å². The molecule has 0 spiro atoms. The first-order valence-electron chi connectivity index (χ1n) is 11.4. The fraction of sp³-hybridized carbons (Fsp3) is 0.417. The number of carbonyl (C=O) groups excluding carboxylic acids is 2. The van der Waals surface area contributed by atoms with E-state index in [0.29, 0.717) is 35.0 Å². The van der Waals surface area contributed by atoms with E-state index in [1.54, 1.807) is 23.0 Å². The standard InChI is InChI=1S/C24H31N7O3/c1-24(2,3)34-23(33)27-14-16-8-12-30(13-9-16)20-18(25)6-4-7-19(20)29-22(32)17-15-28-31-11-5-10-26-21(17)31/h4-7,10-11,15-16H,8-9,12-14,25H2,1-3H3,(H,27,33)(H,29,32). The predicted molar refractivity (Wildman–Crippen MR) is 131 cm³/mol. The van der Waals surface area contributed by atoms with E-state index in [9.17, 15) is 9.59 Å². The molecule has 4 rings (SSSR count). The summed E-state index contributed by atoms with van der Waals surface area (Å²) in [6.07, 6.45) is 6.25. The number of piperidine rings is 1. The molecule has 0 saturated carbocycles. The molecule has 1 saturated heterocycles. The van der Waals surface area contributed by atoms with E-state index in [1.165, 1.54) is 6.20 Å². The highest BCUT2D eigenvalue weighted by molar-refractivity contribution is 6.10. The van der Waals surface area contributed by atoms with Crippen LogP contribution in [0.15, 0.2) is 42.9 Å². The summed E-state index contributed by atoms with van der Waals surface area (Å²) in [4.78, 5) is 31.4. The molecule has 1 aliphatic rings. The fourth-order valence-electron chi connectivity index (χ4n) is 4.09. The molecule has 2 aromatic heterocycles. The molecule has 3 aromatic rings. The number of nitrogens with one attached hydrogen (secondary N) is 2. The largest absolute Gasteiger partial charge is 0.444 e. The number of nitrogens with two attached hydrogens (primary N) is 1. The Hall–Kier alpha value is -3.82. The molecule has 0 radical (unpaired) electrons. The summed E-state index contributed by atoms with van der Waals surface area (Å²) in [7, 11) is 0. The first-order valence-corrected chi connectivity index (χ1v) is 11.4. The molecule has 0 atom stereocenters. The van der Waals surface area contributed by atoms with Crippen LogP contribution in [0.5, 0.6) is 0 Å². The van der Waals surface area contributed by atoms with Gasteiger partial charge in [-0.2, -0.15) is 5.10 Å². The number of ether oxygens (including phenoxy) is 1. The van der Waals surface area contributed by atoms with Crippen LogP contribution in [0.3, 0.4) is 0 Å². The van der Waals surface area contributed by atoms with E-state index >= 15 is 0 Å². The SMILES string of the molecule is CC(C)(C)OC(=O)NCC1CCN(c2c(N)cccc2NC(=O)c2cnn3cccnc23)CC1. The zero-order chi connectivity index (χ0) is 24.3. The minimum absolute atomic E-state index is 0.294. The Labute approximate surface area is 198 Å². The summed E-state index contributed by atoms with van der Waals surface area (Å²) < 4.78 is 6.88. The second kappa shape index (κ2) is 9.58. The molecule has 2 amide bonds. The number of aromatic nitrogens is 3. The van der Waals surface area contributed by atoms with E-state index < -0.39 is 11.7 Å². The number of nitrogen functional groups attached to an aromatic ring is 1. The van der Waals surface area contributed by atoms with Crippen LogP contribution in [0, 0.1) is 5.92 Å². The molecule has 0 aliphatic carbocycles. The molecule has 1 aromatic carbocycles. The lowest BCUT2D eigenvalue weighted by Crippen LogP contribution is -2.40. The van der Waals surface area contributed by atoms with Gasteiger partial charge >= 0.3 is 6.09 Å². The molecule has 1 aliphatic heterocycles. The molecule has 34 heavy (non-hydrogen) atoms. The molecule has 0 bridgehead atoms. The minimum atomic E-state index is -0.515. The van der Waals surface area contributed by atoms with Gasteiger partial charge in [0.1, 0.15) is 11.2 Å². The highest BCUT2D eigenvalue weighted by Crippen LogP contribution is 2.35. The van der Waals surface area contributed by atoms with Crippen LogP contribution in [0.2, 0.25) is 0 Å². The number of anilines is 3. The maximum absolute atomic E-state index is 13.0. The van der Waals surface area contributed by atoms with E-state index in [1.807, 2.05) is 39.0 Å². The first-order chi connectivity index (χ1) is 16.2. The van der Waals surface area contributed by atoms with Crippen molar-refractivity contribution in [2.24, 2.45) is 5.92 Å². The van der Waals surface area contributed by atoms with E-state index in [0.717, 1.165) is 31.6 Å². The van der Waals surface area contributed by atoms with Crippen LogP contribution >= 0.6 is 0 Å². The summed E-state index contributed by atoms with van der Waals surface area (Å²) in [5.74, 6) is 0.0496. The Morgan fingerprint density at radius 1 is 1.21 bits per heavy atom. The van der Waals surface area contributed by atoms with Gasteiger partial charge in [0.2, 0.25) is 0 Å². The Morgan fingerprint density at radius 2 is 1.97 bits per heavy atom. The van der Waals surface area contributed by atoms with Crippen molar-refractivity contribution in [3.8, 4) is 0 Å². The van der Waals surface area contributed by atoms with E-state index in [2.05, 4.69) is 25.6 Å². The van der Waals surface area contributed by atoms with Crippen molar-refractivity contribution < 1.29 is 14.3 Å². The van der Waals surface area contributed by atoms with Gasteiger partial charge < -0.3 is 26.0 Å². The van der Waals surface area contributed by atoms with Gasteiger partial charge in [-0.1, -0.05) is 6.07 Å². The Balaban J connectivity index is 1.41. The molecule has 180 valence electrons. The number of alkyl carbamates (subject to hydrolysis) is 1. The van der Waals surface area contributed by atoms with Crippen molar-refractivity contribution in [2.45, 2.75) is 39.2 Å². The maximum Gasteiger partial charge on any atom is 0.407 e. The molecule has 10 nitrogen and oxygen atoms in total. The zero-order valence-electron chi connectivity index (χ0n) is 19.7. The molecule has 3 heterocycles. The quantitative estimate of drug-likeness (QED) is 0.493. The van der Waals surface area contributed by atoms with Gasteiger partial charge in [0, 0.05) is 32.0 Å². The summed E-state index contributed by atoms with van der Waals surface area (Å²) in [6, 6.07) is 7.25. The Morgan fingerprint density at radius 3 is 2.71 bits per heavy atom. The number of rotatable bonds is 5. The lowest BCUT2D eigenvalue weighted by molar-refractivity contribution is 0.0516. The number of benzene rings is 1. The highest BCUT2D eigenvalue weighted by atomic mass is 16.6. The Kier molecular flexibility index (Phi) is 6.58. The summed E-state index contributed by atoms with van der Waals surface area (Å²) >= 11 is 0. The monoisotopic (exact) mass is 465 g/mol. The second-order valence-corrected chi connectivity index (χ2v) is 9.46. The zero-order valence-corrected chi connectivity index (χ0v) is 19.7. The van der Waals surface area contributed by atoms with Gasteiger partial charge in [-0.15, -0.1) is 0 Å². The average molecular weight is 466 g/mol. The van der Waals surface area contributed by atoms with Crippen molar-refractivity contribution >= 4 is 34.7 Å². The first kappa shape index (κ1) is 23.3. The number of hydrogen-bond acceptors (Lipinski definition) is 7.